The van der Waals surface area contributed by atoms with E-state index in [9.17, 15) is 18.0 Å². The summed E-state index contributed by atoms with van der Waals surface area (Å²) in [4.78, 5) is 28.5. The Hall–Kier alpha value is -4.28. The molecule has 0 saturated carbocycles. The van der Waals surface area contributed by atoms with Gasteiger partial charge < -0.3 is 20.0 Å². The molecule has 1 atom stereocenters. The molecular weight excluding hydrogens is 531 g/mol. The number of hydrogen-bond donors (Lipinski definition) is 1. The van der Waals surface area contributed by atoms with E-state index < -0.39 is 17.8 Å². The molecule has 4 aromatic rings. The lowest BCUT2D eigenvalue weighted by Gasteiger charge is -2.37. The lowest BCUT2D eigenvalue weighted by molar-refractivity contribution is -0.137. The zero-order valence-corrected chi connectivity index (χ0v) is 22.8. The Morgan fingerprint density at radius 1 is 0.927 bits per heavy atom. The molecule has 0 aliphatic carbocycles. The van der Waals surface area contributed by atoms with Crippen LogP contribution in [0.3, 0.4) is 0 Å². The van der Waals surface area contributed by atoms with Crippen molar-refractivity contribution in [1.82, 2.24) is 19.3 Å². The summed E-state index contributed by atoms with van der Waals surface area (Å²) in [5.74, 6) is 0.632. The average molecular weight is 564 g/mol. The van der Waals surface area contributed by atoms with Crippen LogP contribution in [-0.2, 0) is 11.0 Å². The molecule has 0 spiro atoms. The maximum absolute atomic E-state index is 13.5. The Morgan fingerprint density at radius 2 is 1.63 bits per heavy atom. The molecule has 1 N–H and O–H groups in total. The molecule has 4 heterocycles. The van der Waals surface area contributed by atoms with Gasteiger partial charge in [0.25, 0.3) is 0 Å². The molecule has 8 nitrogen and oxygen atoms in total. The second-order valence-corrected chi connectivity index (χ2v) is 10.6. The molecule has 2 fully saturated rings. The van der Waals surface area contributed by atoms with Gasteiger partial charge in [0, 0.05) is 68.6 Å². The number of imidazole rings is 1. The van der Waals surface area contributed by atoms with E-state index in [0.29, 0.717) is 43.3 Å². The van der Waals surface area contributed by atoms with E-state index in [-0.39, 0.29) is 5.91 Å². The maximum atomic E-state index is 13.5. The number of benzene rings is 2. The van der Waals surface area contributed by atoms with E-state index in [0.717, 1.165) is 30.4 Å². The summed E-state index contributed by atoms with van der Waals surface area (Å²) in [5, 5.41) is 3.40. The molecule has 2 aromatic heterocycles. The highest BCUT2D eigenvalue weighted by Crippen LogP contribution is 2.33. The van der Waals surface area contributed by atoms with Gasteiger partial charge in [-0.25, -0.2) is 4.98 Å². The first-order valence-corrected chi connectivity index (χ1v) is 13.9. The van der Waals surface area contributed by atoms with Gasteiger partial charge in [-0.05, 0) is 50.1 Å². The van der Waals surface area contributed by atoms with Crippen LogP contribution in [0.2, 0.25) is 0 Å². The number of carbonyl (C=O) groups is 1. The molecular formula is C30H32F3N7O. The fourth-order valence-corrected chi connectivity index (χ4v) is 5.66. The van der Waals surface area contributed by atoms with Gasteiger partial charge in [0.2, 0.25) is 5.91 Å². The highest BCUT2D eigenvalue weighted by atomic mass is 19.4. The van der Waals surface area contributed by atoms with Crippen LogP contribution >= 0.6 is 0 Å². The molecule has 2 aliphatic rings. The lowest BCUT2D eigenvalue weighted by Crippen LogP contribution is -2.52. The topological polar surface area (TPSA) is 69.0 Å². The number of halogens is 3. The number of nitrogens with one attached hydrogen (secondary N) is 1. The van der Waals surface area contributed by atoms with Crippen molar-refractivity contribution in [2.45, 2.75) is 32.0 Å². The highest BCUT2D eigenvalue weighted by molar-refractivity contribution is 5.87. The molecule has 1 amide bonds. The minimum atomic E-state index is -4.39. The third-order valence-corrected chi connectivity index (χ3v) is 7.90. The summed E-state index contributed by atoms with van der Waals surface area (Å²) < 4.78 is 41.4. The Bertz CT molecular complexity index is 1520. The van der Waals surface area contributed by atoms with Crippen LogP contribution in [0.25, 0.3) is 16.9 Å². The number of fused-ring (bicyclic) bond motifs is 1. The van der Waals surface area contributed by atoms with Crippen molar-refractivity contribution in [3.8, 4) is 11.3 Å². The zero-order chi connectivity index (χ0) is 28.6. The molecule has 41 heavy (non-hydrogen) atoms. The predicted molar refractivity (Wildman–Crippen MR) is 153 cm³/mol. The van der Waals surface area contributed by atoms with Crippen molar-refractivity contribution < 1.29 is 18.0 Å². The summed E-state index contributed by atoms with van der Waals surface area (Å²) in [7, 11) is 0. The normalized spacial score (nSPS) is 16.8. The average Bonchev–Trinajstić information content (AvgIpc) is 3.66. The van der Waals surface area contributed by atoms with Crippen molar-refractivity contribution >= 4 is 28.7 Å². The van der Waals surface area contributed by atoms with Crippen molar-refractivity contribution in [2.24, 2.45) is 0 Å². The Labute approximate surface area is 236 Å². The predicted octanol–water partition coefficient (Wildman–Crippen LogP) is 5.16. The van der Waals surface area contributed by atoms with E-state index in [2.05, 4.69) is 39.5 Å². The monoisotopic (exact) mass is 563 g/mol. The van der Waals surface area contributed by atoms with E-state index in [1.807, 2.05) is 22.4 Å². The van der Waals surface area contributed by atoms with Crippen molar-refractivity contribution in [1.29, 1.82) is 0 Å². The van der Waals surface area contributed by atoms with Crippen LogP contribution in [-0.4, -0.2) is 70.5 Å². The minimum absolute atomic E-state index is 0.0759. The summed E-state index contributed by atoms with van der Waals surface area (Å²) in [6.07, 6.45) is 3.21. The Balaban J connectivity index is 1.16. The fourth-order valence-electron chi connectivity index (χ4n) is 5.66. The van der Waals surface area contributed by atoms with E-state index in [4.69, 9.17) is 4.98 Å². The van der Waals surface area contributed by atoms with Gasteiger partial charge in [0.1, 0.15) is 17.6 Å². The molecule has 2 aromatic carbocycles. The molecule has 214 valence electrons. The first-order valence-electron chi connectivity index (χ1n) is 13.9. The third-order valence-electron chi connectivity index (χ3n) is 7.90. The fraction of sp³-hybridized carbons (Fsp3) is 0.367. The third kappa shape index (κ3) is 5.53. The summed E-state index contributed by atoms with van der Waals surface area (Å²) in [5.41, 5.74) is 3.38. The van der Waals surface area contributed by atoms with Gasteiger partial charge in [-0.3, -0.25) is 14.2 Å². The molecule has 1 unspecified atom stereocenters. The molecule has 0 bridgehead atoms. The Kier molecular flexibility index (Phi) is 7.19. The largest absolute Gasteiger partial charge is 0.416 e. The number of nitrogens with zero attached hydrogens (tertiary/aromatic N) is 6. The van der Waals surface area contributed by atoms with Crippen LogP contribution in [0, 0.1) is 0 Å². The number of rotatable bonds is 6. The molecule has 2 aliphatic heterocycles. The van der Waals surface area contributed by atoms with Gasteiger partial charge in [-0.2, -0.15) is 13.2 Å². The second-order valence-electron chi connectivity index (χ2n) is 10.6. The van der Waals surface area contributed by atoms with E-state index in [1.54, 1.807) is 23.4 Å². The van der Waals surface area contributed by atoms with Gasteiger partial charge in [0.05, 0.1) is 11.8 Å². The van der Waals surface area contributed by atoms with Gasteiger partial charge >= 0.3 is 6.18 Å². The van der Waals surface area contributed by atoms with Crippen molar-refractivity contribution in [3.05, 3.63) is 72.7 Å². The van der Waals surface area contributed by atoms with Gasteiger partial charge in [0.15, 0.2) is 5.65 Å². The zero-order valence-electron chi connectivity index (χ0n) is 22.8. The lowest BCUT2D eigenvalue weighted by atomic mass is 10.1. The summed E-state index contributed by atoms with van der Waals surface area (Å²) >= 11 is 0. The molecule has 0 radical (unpaired) electrons. The number of amides is 1. The summed E-state index contributed by atoms with van der Waals surface area (Å²) in [6.45, 7) is 5.71. The van der Waals surface area contributed by atoms with Gasteiger partial charge in [-0.15, -0.1) is 0 Å². The number of alkyl halides is 3. The van der Waals surface area contributed by atoms with Crippen molar-refractivity contribution in [2.75, 3.05) is 54.4 Å². The quantitative estimate of drug-likeness (QED) is 0.350. The van der Waals surface area contributed by atoms with Crippen LogP contribution < -0.4 is 15.1 Å². The first kappa shape index (κ1) is 26.9. The van der Waals surface area contributed by atoms with Crippen LogP contribution in [0.15, 0.2) is 67.1 Å². The molecule has 6 rings (SSSR count). The second kappa shape index (κ2) is 10.9. The number of piperazine rings is 1. The van der Waals surface area contributed by atoms with E-state index in [1.165, 1.54) is 30.7 Å². The highest BCUT2D eigenvalue weighted by Gasteiger charge is 2.32. The number of aromatic nitrogens is 3. The molecule has 11 heteroatoms. The smallest absolute Gasteiger partial charge is 0.372 e. The number of carbonyl (C=O) groups excluding carboxylic acids is 1. The standard InChI is InChI=1S/C30H32F3N7O/c1-21(29(41)39-17-15-38(16-18-39)25-6-4-5-23(19-25)30(31,32)33)35-28-27(36-26-20-34-11-14-40(26)28)22-7-9-24(10-8-22)37-12-2-3-13-37/h4-11,14,19-21,35H,2-3,12-13,15-18H2,1H3. The maximum Gasteiger partial charge on any atom is 0.416 e. The Morgan fingerprint density at radius 3 is 2.34 bits per heavy atom. The minimum Gasteiger partial charge on any atom is -0.372 e. The molecule has 2 saturated heterocycles. The van der Waals surface area contributed by atoms with Crippen LogP contribution in [0.4, 0.5) is 30.4 Å². The summed E-state index contributed by atoms with van der Waals surface area (Å²) in [6, 6.07) is 13.1. The van der Waals surface area contributed by atoms with Crippen molar-refractivity contribution in [3.63, 3.8) is 0 Å². The number of anilines is 3. The van der Waals surface area contributed by atoms with Crippen LogP contribution in [0.5, 0.6) is 0 Å². The SMILES string of the molecule is CC(Nc1c(-c2ccc(N3CCCC3)cc2)nc2cnccn12)C(=O)N1CCN(c2cccc(C(F)(F)F)c2)CC1. The number of hydrogen-bond acceptors (Lipinski definition) is 6. The van der Waals surface area contributed by atoms with Crippen LogP contribution in [0.1, 0.15) is 25.3 Å². The van der Waals surface area contributed by atoms with Gasteiger partial charge in [-0.1, -0.05) is 18.2 Å². The first-order chi connectivity index (χ1) is 19.8. The van der Waals surface area contributed by atoms with E-state index >= 15 is 0 Å².